The lowest BCUT2D eigenvalue weighted by Crippen LogP contribution is -2.49. The molecule has 2 aliphatic rings. The van der Waals surface area contributed by atoms with Crippen LogP contribution < -0.4 is 15.0 Å². The summed E-state index contributed by atoms with van der Waals surface area (Å²) in [6.07, 6.45) is 1.68. The van der Waals surface area contributed by atoms with Crippen LogP contribution in [0.1, 0.15) is 37.7 Å². The second-order valence-electron chi connectivity index (χ2n) is 12.0. The van der Waals surface area contributed by atoms with Crippen molar-refractivity contribution in [3.8, 4) is 5.75 Å². The van der Waals surface area contributed by atoms with Gasteiger partial charge in [0, 0.05) is 38.8 Å². The van der Waals surface area contributed by atoms with Crippen molar-refractivity contribution in [2.24, 2.45) is 11.8 Å². The summed E-state index contributed by atoms with van der Waals surface area (Å²) >= 11 is 5.88. The van der Waals surface area contributed by atoms with Crippen molar-refractivity contribution < 1.29 is 39.5 Å². The van der Waals surface area contributed by atoms with Crippen LogP contribution in [0, 0.1) is 17.7 Å². The lowest BCUT2D eigenvalue weighted by Gasteiger charge is -2.31. The summed E-state index contributed by atoms with van der Waals surface area (Å²) < 4.78 is 20.6. The summed E-state index contributed by atoms with van der Waals surface area (Å²) in [6, 6.07) is 4.63. The predicted octanol–water partition coefficient (Wildman–Crippen LogP) is 0.761. The largest absolute Gasteiger partial charge is 0.493 e. The summed E-state index contributed by atoms with van der Waals surface area (Å²) in [5.41, 5.74) is 0.311. The molecular weight excluding hydrogens is 609 g/mol. The third kappa shape index (κ3) is 10.4. The number of carbonyl (C=O) groups excluding carboxylic acids is 1. The second-order valence-corrected chi connectivity index (χ2v) is 12.4. The van der Waals surface area contributed by atoms with Gasteiger partial charge in [0.15, 0.2) is 0 Å². The van der Waals surface area contributed by atoms with E-state index in [1.807, 2.05) is 0 Å². The number of rotatable bonds is 16. The Balaban J connectivity index is 1.11. The van der Waals surface area contributed by atoms with Gasteiger partial charge in [-0.3, -0.25) is 4.79 Å². The highest BCUT2D eigenvalue weighted by Gasteiger charge is 2.31. The first-order valence-electron chi connectivity index (χ1n) is 15.6. The van der Waals surface area contributed by atoms with E-state index in [0.717, 1.165) is 45.2 Å². The Morgan fingerprint density at radius 1 is 1.04 bits per heavy atom. The molecule has 12 nitrogen and oxygen atoms in total. The molecule has 0 spiro atoms. The molecule has 2 aliphatic heterocycles. The Morgan fingerprint density at radius 2 is 1.73 bits per heavy atom. The summed E-state index contributed by atoms with van der Waals surface area (Å²) in [4.78, 5) is 25.3. The van der Waals surface area contributed by atoms with E-state index in [2.05, 4.69) is 20.2 Å². The first-order chi connectivity index (χ1) is 21.6. The van der Waals surface area contributed by atoms with Gasteiger partial charge in [-0.1, -0.05) is 17.7 Å². The van der Waals surface area contributed by atoms with E-state index in [4.69, 9.17) is 21.4 Å². The number of hydrogen-bond acceptors (Lipinski definition) is 11. The van der Waals surface area contributed by atoms with Crippen LogP contribution in [0.25, 0.3) is 0 Å². The number of nitrogens with one attached hydrogen (secondary N) is 1. The molecule has 2 aromatic rings. The summed E-state index contributed by atoms with van der Waals surface area (Å²) in [5, 5.41) is 51.5. The zero-order valence-corrected chi connectivity index (χ0v) is 26.1. The highest BCUT2D eigenvalue weighted by molar-refractivity contribution is 6.30. The van der Waals surface area contributed by atoms with Gasteiger partial charge in [-0.25, -0.2) is 14.4 Å². The molecule has 5 atom stereocenters. The molecule has 250 valence electrons. The Labute approximate surface area is 267 Å². The molecule has 6 N–H and O–H groups in total. The van der Waals surface area contributed by atoms with Crippen molar-refractivity contribution in [2.45, 2.75) is 62.9 Å². The number of anilines is 1. The molecule has 0 aliphatic carbocycles. The molecule has 2 fully saturated rings. The molecule has 0 unspecified atom stereocenters. The Hall–Kier alpha value is -2.65. The number of benzene rings is 1. The number of halogens is 2. The Bertz CT molecular complexity index is 1210. The maximum absolute atomic E-state index is 14.8. The van der Waals surface area contributed by atoms with Gasteiger partial charge in [0.1, 0.15) is 29.9 Å². The second kappa shape index (κ2) is 17.3. The van der Waals surface area contributed by atoms with Crippen molar-refractivity contribution in [1.82, 2.24) is 20.2 Å². The number of hydrogen-bond donors (Lipinski definition) is 6. The molecule has 14 heteroatoms. The fraction of sp³-hybridized carbons (Fsp3) is 0.645. The van der Waals surface area contributed by atoms with E-state index >= 15 is 0 Å². The molecule has 0 saturated carbocycles. The maximum Gasteiger partial charge on any atom is 0.227 e. The molecule has 1 aromatic carbocycles. The van der Waals surface area contributed by atoms with Crippen LogP contribution in [0.2, 0.25) is 5.02 Å². The minimum Gasteiger partial charge on any atom is -0.493 e. The van der Waals surface area contributed by atoms with Gasteiger partial charge < -0.3 is 45.4 Å². The van der Waals surface area contributed by atoms with Crippen molar-refractivity contribution in [2.75, 3.05) is 57.4 Å². The van der Waals surface area contributed by atoms with Crippen molar-refractivity contribution in [3.63, 3.8) is 0 Å². The molecule has 1 amide bonds. The van der Waals surface area contributed by atoms with E-state index < -0.39 is 36.8 Å². The van der Waals surface area contributed by atoms with E-state index in [1.54, 1.807) is 29.4 Å². The van der Waals surface area contributed by atoms with Crippen LogP contribution in [0.5, 0.6) is 5.75 Å². The monoisotopic (exact) mass is 653 g/mol. The molecule has 0 radical (unpaired) electrons. The zero-order chi connectivity index (χ0) is 32.3. The SMILES string of the molecule is O=C(Cc1ccc(OCCCC2CCN(c3ncc(Cl)cn3)CC2)cc1F)N1CC[C@H](CNC[C@H](O)[C@@H](O)[C@H](O)[C@H](O)CO)C1. The quantitative estimate of drug-likeness (QED) is 0.141. The minimum absolute atomic E-state index is 0.0409. The van der Waals surface area contributed by atoms with Gasteiger partial charge in [0.2, 0.25) is 11.9 Å². The van der Waals surface area contributed by atoms with E-state index in [-0.39, 0.29) is 24.8 Å². The number of nitrogens with zero attached hydrogens (tertiary/aromatic N) is 4. The number of aliphatic hydroxyl groups excluding tert-OH is 5. The number of amides is 1. The van der Waals surface area contributed by atoms with Gasteiger partial charge in [-0.05, 0) is 62.1 Å². The minimum atomic E-state index is -1.68. The van der Waals surface area contributed by atoms with Gasteiger partial charge in [0.05, 0.1) is 43.2 Å². The Kier molecular flexibility index (Phi) is 13.5. The highest BCUT2D eigenvalue weighted by Crippen LogP contribution is 2.25. The number of carbonyl (C=O) groups is 1. The zero-order valence-electron chi connectivity index (χ0n) is 25.3. The topological polar surface area (TPSA) is 172 Å². The van der Waals surface area contributed by atoms with Crippen molar-refractivity contribution in [3.05, 3.63) is 47.0 Å². The Morgan fingerprint density at radius 3 is 2.42 bits per heavy atom. The molecule has 2 saturated heterocycles. The molecule has 1 aromatic heterocycles. The maximum atomic E-state index is 14.8. The van der Waals surface area contributed by atoms with E-state index in [9.17, 15) is 29.6 Å². The predicted molar refractivity (Wildman–Crippen MR) is 165 cm³/mol. The molecule has 0 bridgehead atoms. The van der Waals surface area contributed by atoms with Crippen LogP contribution in [-0.2, 0) is 11.2 Å². The van der Waals surface area contributed by atoms with E-state index in [0.29, 0.717) is 54.4 Å². The van der Waals surface area contributed by atoms with Crippen LogP contribution in [0.4, 0.5) is 10.3 Å². The molecule has 45 heavy (non-hydrogen) atoms. The summed E-state index contributed by atoms with van der Waals surface area (Å²) in [6.45, 7) is 2.98. The van der Waals surface area contributed by atoms with Crippen LogP contribution in [-0.4, -0.2) is 123 Å². The normalized spacial score (nSPS) is 20.2. The van der Waals surface area contributed by atoms with Gasteiger partial charge >= 0.3 is 0 Å². The first kappa shape index (κ1) is 35.2. The fourth-order valence-corrected chi connectivity index (χ4v) is 5.93. The van der Waals surface area contributed by atoms with Gasteiger partial charge in [-0.2, -0.15) is 0 Å². The van der Waals surface area contributed by atoms with Gasteiger partial charge in [0.25, 0.3) is 0 Å². The molecule has 4 rings (SSSR count). The smallest absolute Gasteiger partial charge is 0.227 e. The summed E-state index contributed by atoms with van der Waals surface area (Å²) in [7, 11) is 0. The van der Waals surface area contributed by atoms with E-state index in [1.165, 1.54) is 6.07 Å². The third-order valence-electron chi connectivity index (χ3n) is 8.65. The molecular formula is C31H45ClFN5O7. The third-order valence-corrected chi connectivity index (χ3v) is 8.84. The lowest BCUT2D eigenvalue weighted by atomic mass is 9.92. The number of aliphatic hydroxyl groups is 5. The van der Waals surface area contributed by atoms with Crippen LogP contribution in [0.15, 0.2) is 30.6 Å². The van der Waals surface area contributed by atoms with Crippen molar-refractivity contribution in [1.29, 1.82) is 0 Å². The summed E-state index contributed by atoms with van der Waals surface area (Å²) in [5.74, 6) is 1.20. The average molecular weight is 654 g/mol. The van der Waals surface area contributed by atoms with Crippen molar-refractivity contribution >= 4 is 23.5 Å². The van der Waals surface area contributed by atoms with Gasteiger partial charge in [-0.15, -0.1) is 0 Å². The average Bonchev–Trinajstić information content (AvgIpc) is 3.53. The highest BCUT2D eigenvalue weighted by atomic mass is 35.5. The first-order valence-corrected chi connectivity index (χ1v) is 16.0. The standard InChI is InChI=1S/C31H45ClFN5O7/c32-23-15-35-31(36-16-23)37-8-5-20(6-9-37)2-1-11-45-24-4-3-22(25(33)13-24)12-28(42)38-10-7-21(18-38)14-34-17-26(40)29(43)30(44)27(41)19-39/h3-4,13,15-16,20-21,26-27,29-30,34,39-41,43-44H,1-2,5-12,14,17-19H2/t21-,26+,27-,29-,30-/m1/s1. The number of piperidine rings is 1. The number of ether oxygens (including phenoxy) is 1. The fourth-order valence-electron chi connectivity index (χ4n) is 5.83. The lowest BCUT2D eigenvalue weighted by molar-refractivity contribution is -0.129. The number of likely N-dealkylation sites (tertiary alicyclic amines) is 1. The van der Waals surface area contributed by atoms with Crippen LogP contribution in [0.3, 0.4) is 0 Å². The number of aromatic nitrogens is 2. The molecule has 3 heterocycles. The van der Waals surface area contributed by atoms with Crippen LogP contribution >= 0.6 is 11.6 Å².